The number of carboxylic acids is 1. The second kappa shape index (κ2) is 10.9. The molecule has 0 radical (unpaired) electrons. The molecule has 0 bridgehead atoms. The lowest BCUT2D eigenvalue weighted by molar-refractivity contribution is -0.137. The van der Waals surface area contributed by atoms with Crippen molar-refractivity contribution in [2.24, 2.45) is 0 Å². The van der Waals surface area contributed by atoms with E-state index in [0.29, 0.717) is 6.42 Å². The maximum atomic E-state index is 11.8. The highest BCUT2D eigenvalue weighted by molar-refractivity contribution is 5.97. The first-order chi connectivity index (χ1) is 9.54. The summed E-state index contributed by atoms with van der Waals surface area (Å²) in [4.78, 5) is 24.1. The molecule has 0 aromatic heterocycles. The molecule has 0 aliphatic carbocycles. The van der Waals surface area contributed by atoms with Crippen molar-refractivity contribution in [2.45, 2.75) is 39.5 Å². The van der Waals surface area contributed by atoms with Crippen LogP contribution in [0.4, 0.5) is 0 Å². The van der Waals surface area contributed by atoms with Crippen molar-refractivity contribution in [3.8, 4) is 6.07 Å². The average molecular weight is 281 g/mol. The molecule has 0 fully saturated rings. The minimum Gasteiger partial charge on any atom is -0.481 e. The summed E-state index contributed by atoms with van der Waals surface area (Å²) in [7, 11) is 0. The zero-order valence-corrected chi connectivity index (χ0v) is 12.2. The summed E-state index contributed by atoms with van der Waals surface area (Å²) in [5.74, 6) is -1.34. The number of nitrogens with zero attached hydrogens (tertiary/aromatic N) is 2. The highest BCUT2D eigenvalue weighted by atomic mass is 16.4. The monoisotopic (exact) mass is 281 g/mol. The second-order valence-electron chi connectivity index (χ2n) is 4.44. The molecule has 2 N–H and O–H groups in total. The van der Waals surface area contributed by atoms with Crippen LogP contribution in [0.1, 0.15) is 39.5 Å². The Morgan fingerprint density at radius 2 is 1.90 bits per heavy atom. The molecule has 0 aliphatic heterocycles. The summed E-state index contributed by atoms with van der Waals surface area (Å²) in [6, 6.07) is 1.89. The number of hydrogen-bond acceptors (Lipinski definition) is 4. The Morgan fingerprint density at radius 3 is 2.35 bits per heavy atom. The minimum atomic E-state index is -0.896. The van der Waals surface area contributed by atoms with Crippen LogP contribution in [0.15, 0.2) is 11.8 Å². The van der Waals surface area contributed by atoms with Crippen molar-refractivity contribution in [1.82, 2.24) is 10.2 Å². The summed E-state index contributed by atoms with van der Waals surface area (Å²) >= 11 is 0. The smallest absolute Gasteiger partial charge is 0.303 e. The van der Waals surface area contributed by atoms with Gasteiger partial charge < -0.3 is 15.3 Å². The molecular weight excluding hydrogens is 258 g/mol. The molecule has 0 unspecified atom stereocenters. The molecule has 0 aliphatic rings. The molecule has 0 aromatic carbocycles. The SMILES string of the molecule is CCCN(/C=C(/C#N)C(=O)NCCCC(=O)O)CCC. The van der Waals surface area contributed by atoms with Crippen LogP contribution < -0.4 is 5.32 Å². The summed E-state index contributed by atoms with van der Waals surface area (Å²) in [6.45, 7) is 5.92. The molecular formula is C14H23N3O3. The maximum Gasteiger partial charge on any atom is 0.303 e. The van der Waals surface area contributed by atoms with Gasteiger partial charge in [-0.1, -0.05) is 13.8 Å². The van der Waals surface area contributed by atoms with Crippen molar-refractivity contribution in [3.05, 3.63) is 11.8 Å². The summed E-state index contributed by atoms with van der Waals surface area (Å²) in [5, 5.41) is 20.1. The third kappa shape index (κ3) is 8.14. The van der Waals surface area contributed by atoms with Crippen LogP contribution in [0.2, 0.25) is 0 Å². The van der Waals surface area contributed by atoms with Gasteiger partial charge in [-0.15, -0.1) is 0 Å². The number of carbonyl (C=O) groups excluding carboxylic acids is 1. The maximum absolute atomic E-state index is 11.8. The van der Waals surface area contributed by atoms with Gasteiger partial charge in [-0.25, -0.2) is 0 Å². The second-order valence-corrected chi connectivity index (χ2v) is 4.44. The molecule has 0 rings (SSSR count). The van der Waals surface area contributed by atoms with E-state index in [9.17, 15) is 9.59 Å². The van der Waals surface area contributed by atoms with Crippen LogP contribution in [0, 0.1) is 11.3 Å². The minimum absolute atomic E-state index is 0.00365. The number of hydrogen-bond donors (Lipinski definition) is 2. The van der Waals surface area contributed by atoms with E-state index in [0.717, 1.165) is 25.9 Å². The van der Waals surface area contributed by atoms with E-state index in [4.69, 9.17) is 10.4 Å². The van der Waals surface area contributed by atoms with Gasteiger partial charge in [-0.3, -0.25) is 9.59 Å². The van der Waals surface area contributed by atoms with E-state index in [2.05, 4.69) is 5.32 Å². The topological polar surface area (TPSA) is 93.4 Å². The van der Waals surface area contributed by atoms with E-state index in [1.807, 2.05) is 24.8 Å². The number of amides is 1. The fourth-order valence-electron chi connectivity index (χ4n) is 1.67. The van der Waals surface area contributed by atoms with Gasteiger partial charge in [-0.05, 0) is 19.3 Å². The van der Waals surface area contributed by atoms with E-state index < -0.39 is 11.9 Å². The fraction of sp³-hybridized carbons (Fsp3) is 0.643. The molecule has 0 saturated carbocycles. The van der Waals surface area contributed by atoms with Gasteiger partial charge in [0.1, 0.15) is 11.6 Å². The first-order valence-corrected chi connectivity index (χ1v) is 6.91. The predicted octanol–water partition coefficient (Wildman–Crippen LogP) is 1.50. The molecule has 6 heteroatoms. The first-order valence-electron chi connectivity index (χ1n) is 6.91. The van der Waals surface area contributed by atoms with E-state index in [1.54, 1.807) is 6.20 Å². The van der Waals surface area contributed by atoms with Crippen LogP contribution in [0.3, 0.4) is 0 Å². The van der Waals surface area contributed by atoms with Gasteiger partial charge in [0.15, 0.2) is 0 Å². The normalized spacial score (nSPS) is 10.8. The van der Waals surface area contributed by atoms with Crippen LogP contribution in [-0.4, -0.2) is 41.5 Å². The molecule has 0 heterocycles. The van der Waals surface area contributed by atoms with Crippen molar-refractivity contribution >= 4 is 11.9 Å². The number of nitrogens with one attached hydrogen (secondary N) is 1. The van der Waals surface area contributed by atoms with Crippen LogP contribution in [-0.2, 0) is 9.59 Å². The molecule has 20 heavy (non-hydrogen) atoms. The fourth-order valence-corrected chi connectivity index (χ4v) is 1.67. The van der Waals surface area contributed by atoms with Crippen molar-refractivity contribution in [3.63, 3.8) is 0 Å². The Balaban J connectivity index is 4.44. The average Bonchev–Trinajstić information content (AvgIpc) is 2.40. The lowest BCUT2D eigenvalue weighted by Crippen LogP contribution is -2.28. The molecule has 0 saturated heterocycles. The number of carboxylic acid groups (broad SMARTS) is 1. The number of nitriles is 1. The number of aliphatic carboxylic acids is 1. The molecule has 6 nitrogen and oxygen atoms in total. The van der Waals surface area contributed by atoms with Crippen LogP contribution >= 0.6 is 0 Å². The van der Waals surface area contributed by atoms with Crippen LogP contribution in [0.5, 0.6) is 0 Å². The van der Waals surface area contributed by atoms with Gasteiger partial charge in [0.2, 0.25) is 0 Å². The zero-order valence-electron chi connectivity index (χ0n) is 12.2. The Labute approximate surface area is 120 Å². The summed E-state index contributed by atoms with van der Waals surface area (Å²) in [5.41, 5.74) is 0.0576. The lowest BCUT2D eigenvalue weighted by Gasteiger charge is -2.19. The largest absolute Gasteiger partial charge is 0.481 e. The van der Waals surface area contributed by atoms with Gasteiger partial charge >= 0.3 is 5.97 Å². The highest BCUT2D eigenvalue weighted by Crippen LogP contribution is 2.01. The zero-order chi connectivity index (χ0) is 15.4. The van der Waals surface area contributed by atoms with Crippen molar-refractivity contribution < 1.29 is 14.7 Å². The molecule has 112 valence electrons. The number of rotatable bonds is 10. The predicted molar refractivity (Wildman–Crippen MR) is 75.7 cm³/mol. The quantitative estimate of drug-likeness (QED) is 0.359. The van der Waals surface area contributed by atoms with E-state index in [-0.39, 0.29) is 18.5 Å². The third-order valence-corrected chi connectivity index (χ3v) is 2.55. The lowest BCUT2D eigenvalue weighted by atomic mass is 10.2. The van der Waals surface area contributed by atoms with Crippen molar-refractivity contribution in [1.29, 1.82) is 5.26 Å². The summed E-state index contributed by atoms with van der Waals surface area (Å²) < 4.78 is 0. The molecule has 0 atom stereocenters. The Bertz CT molecular complexity index is 380. The van der Waals surface area contributed by atoms with Crippen LogP contribution in [0.25, 0.3) is 0 Å². The Hall–Kier alpha value is -2.03. The Kier molecular flexibility index (Phi) is 9.75. The van der Waals surface area contributed by atoms with Gasteiger partial charge in [0, 0.05) is 32.3 Å². The van der Waals surface area contributed by atoms with Gasteiger partial charge in [0.05, 0.1) is 0 Å². The van der Waals surface area contributed by atoms with Gasteiger partial charge in [0.25, 0.3) is 5.91 Å². The Morgan fingerprint density at radius 1 is 1.30 bits per heavy atom. The summed E-state index contributed by atoms with van der Waals surface area (Å²) in [6.07, 6.45) is 3.82. The molecule has 1 amide bonds. The third-order valence-electron chi connectivity index (χ3n) is 2.55. The van der Waals surface area contributed by atoms with E-state index >= 15 is 0 Å². The standard InChI is InChI=1S/C14H23N3O3/c1-3-8-17(9-4-2)11-12(10-15)14(20)16-7-5-6-13(18)19/h11H,3-9H2,1-2H3,(H,16,20)(H,18,19)/b12-11-. The first kappa shape index (κ1) is 18.0. The highest BCUT2D eigenvalue weighted by Gasteiger charge is 2.10. The number of carbonyl (C=O) groups is 2. The molecule has 0 aromatic rings. The van der Waals surface area contributed by atoms with E-state index in [1.165, 1.54) is 0 Å². The van der Waals surface area contributed by atoms with Crippen molar-refractivity contribution in [2.75, 3.05) is 19.6 Å². The molecule has 0 spiro atoms. The van der Waals surface area contributed by atoms with Gasteiger partial charge in [-0.2, -0.15) is 5.26 Å².